The van der Waals surface area contributed by atoms with Gasteiger partial charge in [0.15, 0.2) is 0 Å². The zero-order valence-electron chi connectivity index (χ0n) is 18.1. The maximum atomic E-state index is 9.54. The average molecular weight is 375 g/mol. The van der Waals surface area contributed by atoms with Crippen molar-refractivity contribution in [1.82, 2.24) is 0 Å². The second-order valence-corrected chi connectivity index (χ2v) is 9.71. The number of aryl methyl sites for hydroxylation is 1. The van der Waals surface area contributed by atoms with Gasteiger partial charge in [-0.05, 0) is 61.3 Å². The lowest BCUT2D eigenvalue weighted by atomic mass is 9.89. The van der Waals surface area contributed by atoms with E-state index in [1.165, 1.54) is 77.0 Å². The predicted octanol–water partition coefficient (Wildman–Crippen LogP) is 7.81. The average Bonchev–Trinajstić information content (AvgIpc) is 2.61. The van der Waals surface area contributed by atoms with Gasteiger partial charge in [0, 0.05) is 0 Å². The molecule has 2 rings (SSSR count). The van der Waals surface area contributed by atoms with Gasteiger partial charge in [0.05, 0.1) is 6.10 Å². The molecule has 0 bridgehead atoms. The minimum atomic E-state index is 0.348. The van der Waals surface area contributed by atoms with Crippen LogP contribution in [0, 0.1) is 5.41 Å². The Kier molecular flexibility index (Phi) is 9.51. The first-order chi connectivity index (χ1) is 12.9. The Bertz CT molecular complexity index is 530. The Balaban J connectivity index is 1.40. The number of hydrogen-bond donors (Lipinski definition) is 1. The molecule has 27 heavy (non-hydrogen) atoms. The zero-order valence-corrected chi connectivity index (χ0v) is 18.1. The third-order valence-electron chi connectivity index (χ3n) is 5.78. The Labute approximate surface area is 167 Å². The highest BCUT2D eigenvalue weighted by atomic mass is 16.5. The van der Waals surface area contributed by atoms with E-state index in [1.807, 2.05) is 12.1 Å². The molecule has 0 fully saturated rings. The second kappa shape index (κ2) is 11.6. The van der Waals surface area contributed by atoms with Crippen molar-refractivity contribution in [1.29, 1.82) is 0 Å². The van der Waals surface area contributed by atoms with E-state index in [0.29, 0.717) is 17.3 Å². The molecule has 0 radical (unpaired) electrons. The molecule has 1 N–H and O–H groups in total. The third-order valence-corrected chi connectivity index (χ3v) is 5.78. The van der Waals surface area contributed by atoms with Crippen LogP contribution >= 0.6 is 0 Å². The maximum Gasteiger partial charge on any atom is 0.123 e. The van der Waals surface area contributed by atoms with Crippen molar-refractivity contribution in [2.24, 2.45) is 5.41 Å². The van der Waals surface area contributed by atoms with Crippen molar-refractivity contribution in [2.75, 3.05) is 0 Å². The summed E-state index contributed by atoms with van der Waals surface area (Å²) in [4.78, 5) is 0. The van der Waals surface area contributed by atoms with Crippen LogP contribution in [0.4, 0.5) is 0 Å². The molecule has 1 aromatic rings. The van der Waals surface area contributed by atoms with Gasteiger partial charge in [0.2, 0.25) is 0 Å². The largest absolute Gasteiger partial charge is 0.508 e. The molecule has 154 valence electrons. The number of aromatic hydroxyl groups is 1. The summed E-state index contributed by atoms with van der Waals surface area (Å²) in [6.07, 6.45) is 18.9. The van der Waals surface area contributed by atoms with Crippen molar-refractivity contribution >= 4 is 0 Å². The van der Waals surface area contributed by atoms with Gasteiger partial charge < -0.3 is 9.84 Å². The molecule has 1 atom stereocenters. The minimum absolute atomic E-state index is 0.348. The van der Waals surface area contributed by atoms with E-state index < -0.39 is 0 Å². The van der Waals surface area contributed by atoms with Crippen molar-refractivity contribution in [2.45, 2.75) is 117 Å². The number of hydrogen-bond acceptors (Lipinski definition) is 2. The molecule has 0 aliphatic carbocycles. The third kappa shape index (κ3) is 9.53. The van der Waals surface area contributed by atoms with E-state index in [9.17, 15) is 5.11 Å². The van der Waals surface area contributed by atoms with Crippen LogP contribution in [0.15, 0.2) is 18.2 Å². The van der Waals surface area contributed by atoms with Crippen LogP contribution in [0.25, 0.3) is 0 Å². The smallest absolute Gasteiger partial charge is 0.123 e. The van der Waals surface area contributed by atoms with E-state index in [4.69, 9.17) is 4.74 Å². The van der Waals surface area contributed by atoms with Gasteiger partial charge in [-0.15, -0.1) is 0 Å². The van der Waals surface area contributed by atoms with Gasteiger partial charge in [-0.25, -0.2) is 0 Å². The molecule has 0 spiro atoms. The zero-order chi connectivity index (χ0) is 19.5. The van der Waals surface area contributed by atoms with E-state index in [1.54, 1.807) is 6.07 Å². The van der Waals surface area contributed by atoms with Gasteiger partial charge >= 0.3 is 0 Å². The Morgan fingerprint density at radius 2 is 1.48 bits per heavy atom. The van der Waals surface area contributed by atoms with E-state index in [0.717, 1.165) is 24.2 Å². The van der Waals surface area contributed by atoms with E-state index in [-0.39, 0.29) is 0 Å². The van der Waals surface area contributed by atoms with Gasteiger partial charge in [-0.2, -0.15) is 0 Å². The number of rotatable bonds is 12. The van der Waals surface area contributed by atoms with Gasteiger partial charge in [-0.1, -0.05) is 78.6 Å². The number of phenols is 1. The maximum absolute atomic E-state index is 9.54. The summed E-state index contributed by atoms with van der Waals surface area (Å²) in [5.74, 6) is 1.33. The molecule has 0 amide bonds. The fourth-order valence-electron chi connectivity index (χ4n) is 4.08. The molecule has 0 saturated carbocycles. The van der Waals surface area contributed by atoms with Gasteiger partial charge in [-0.3, -0.25) is 0 Å². The molecular formula is C25H42O2. The van der Waals surface area contributed by atoms with Crippen LogP contribution in [0.3, 0.4) is 0 Å². The molecule has 1 aliphatic heterocycles. The fraction of sp³-hybridized carbons (Fsp3) is 0.760. The monoisotopic (exact) mass is 374 g/mol. The molecular weight excluding hydrogens is 332 g/mol. The van der Waals surface area contributed by atoms with Crippen molar-refractivity contribution in [3.63, 3.8) is 0 Å². The summed E-state index contributed by atoms with van der Waals surface area (Å²) in [5.41, 5.74) is 1.67. The predicted molar refractivity (Wildman–Crippen MR) is 116 cm³/mol. The Hall–Kier alpha value is -1.18. The topological polar surface area (TPSA) is 29.5 Å². The number of ether oxygens (including phenoxy) is 1. The van der Waals surface area contributed by atoms with E-state index >= 15 is 0 Å². The summed E-state index contributed by atoms with van der Waals surface area (Å²) in [6, 6.07) is 5.49. The number of phenolic OH excluding ortho intramolecular Hbond substituents is 1. The molecule has 0 aromatic heterocycles. The number of unbranched alkanes of at least 4 members (excludes halogenated alkanes) is 9. The van der Waals surface area contributed by atoms with Crippen LogP contribution in [0.1, 0.15) is 110 Å². The van der Waals surface area contributed by atoms with Gasteiger partial charge in [0.25, 0.3) is 0 Å². The normalized spacial score (nSPS) is 16.8. The summed E-state index contributed by atoms with van der Waals surface area (Å²) in [5, 5.41) is 9.54. The van der Waals surface area contributed by atoms with Crippen molar-refractivity contribution < 1.29 is 9.84 Å². The highest BCUT2D eigenvalue weighted by Gasteiger charge is 2.19. The van der Waals surface area contributed by atoms with Crippen LogP contribution in [0.2, 0.25) is 0 Å². The SMILES string of the molecule is CC(C)(C)CCCCCCCCCCCCC1CCc2cc(O)ccc2O1. The van der Waals surface area contributed by atoms with Crippen LogP contribution < -0.4 is 4.74 Å². The summed E-state index contributed by atoms with van der Waals surface area (Å²) < 4.78 is 6.09. The van der Waals surface area contributed by atoms with Gasteiger partial charge in [0.1, 0.15) is 11.5 Å². The lowest BCUT2D eigenvalue weighted by molar-refractivity contribution is 0.160. The van der Waals surface area contributed by atoms with Crippen molar-refractivity contribution in [3.8, 4) is 11.5 Å². The number of benzene rings is 1. The first-order valence-corrected chi connectivity index (χ1v) is 11.4. The Morgan fingerprint density at radius 1 is 0.889 bits per heavy atom. The highest BCUT2D eigenvalue weighted by molar-refractivity contribution is 5.40. The van der Waals surface area contributed by atoms with Crippen molar-refractivity contribution in [3.05, 3.63) is 23.8 Å². The standard InChI is InChI=1S/C25H42O2/c1-25(2,3)19-13-11-9-7-5-4-6-8-10-12-14-23-17-15-21-20-22(26)16-18-24(21)27-23/h16,18,20,23,26H,4-15,17,19H2,1-3H3. The van der Waals surface area contributed by atoms with E-state index in [2.05, 4.69) is 20.8 Å². The quantitative estimate of drug-likeness (QED) is 0.378. The van der Waals surface area contributed by atoms with Crippen LogP contribution in [-0.2, 0) is 6.42 Å². The second-order valence-electron chi connectivity index (χ2n) is 9.71. The number of fused-ring (bicyclic) bond motifs is 1. The van der Waals surface area contributed by atoms with Crippen LogP contribution in [0.5, 0.6) is 11.5 Å². The fourth-order valence-corrected chi connectivity index (χ4v) is 4.08. The molecule has 1 heterocycles. The first kappa shape index (κ1) is 22.1. The lowest BCUT2D eigenvalue weighted by Gasteiger charge is -2.26. The summed E-state index contributed by atoms with van der Waals surface area (Å²) in [6.45, 7) is 7.04. The van der Waals surface area contributed by atoms with Crippen LogP contribution in [-0.4, -0.2) is 11.2 Å². The molecule has 2 heteroatoms. The lowest BCUT2D eigenvalue weighted by Crippen LogP contribution is -2.22. The molecule has 1 aliphatic rings. The summed E-state index contributed by atoms with van der Waals surface area (Å²) >= 11 is 0. The molecule has 1 unspecified atom stereocenters. The minimum Gasteiger partial charge on any atom is -0.508 e. The highest BCUT2D eigenvalue weighted by Crippen LogP contribution is 2.32. The molecule has 0 saturated heterocycles. The molecule has 2 nitrogen and oxygen atoms in total. The first-order valence-electron chi connectivity index (χ1n) is 11.4. The Morgan fingerprint density at radius 3 is 2.11 bits per heavy atom. The summed E-state index contributed by atoms with van der Waals surface area (Å²) in [7, 11) is 0. The molecule has 1 aromatic carbocycles.